The molecule has 0 saturated heterocycles. The van der Waals surface area contributed by atoms with Crippen molar-refractivity contribution in [3.8, 4) is 0 Å². The minimum Gasteiger partial charge on any atom is -0.348 e. The fourth-order valence-corrected chi connectivity index (χ4v) is 1.93. The maximum absolute atomic E-state index is 4.52. The van der Waals surface area contributed by atoms with Crippen molar-refractivity contribution in [1.29, 1.82) is 0 Å². The van der Waals surface area contributed by atoms with Crippen molar-refractivity contribution in [1.82, 2.24) is 24.3 Å². The maximum Gasteiger partial charge on any atom is 0.203 e. The Morgan fingerprint density at radius 1 is 1.22 bits per heavy atom. The molecule has 0 aliphatic carbocycles. The lowest BCUT2D eigenvalue weighted by molar-refractivity contribution is 0.745. The van der Waals surface area contributed by atoms with E-state index in [1.54, 1.807) is 11.0 Å². The molecule has 6 heteroatoms. The molecule has 1 aromatic carbocycles. The summed E-state index contributed by atoms with van der Waals surface area (Å²) in [7, 11) is 3.84. The molecule has 3 aromatic rings. The van der Waals surface area contributed by atoms with Crippen LogP contribution in [0.2, 0.25) is 0 Å². The zero-order valence-corrected chi connectivity index (χ0v) is 10.3. The van der Waals surface area contributed by atoms with E-state index in [-0.39, 0.29) is 0 Å². The Kier molecular flexibility index (Phi) is 2.47. The van der Waals surface area contributed by atoms with Crippen molar-refractivity contribution in [2.24, 2.45) is 14.1 Å². The number of hydrogen-bond acceptors (Lipinski definition) is 4. The summed E-state index contributed by atoms with van der Waals surface area (Å²) in [6, 6.07) is 8.04. The molecule has 0 bridgehead atoms. The fraction of sp³-hybridized carbons (Fsp3) is 0.250. The Balaban J connectivity index is 1.84. The van der Waals surface area contributed by atoms with Crippen LogP contribution in [-0.2, 0) is 20.6 Å². The van der Waals surface area contributed by atoms with Crippen molar-refractivity contribution in [3.05, 3.63) is 36.4 Å². The van der Waals surface area contributed by atoms with Crippen LogP contribution < -0.4 is 5.32 Å². The topological polar surface area (TPSA) is 60.6 Å². The van der Waals surface area contributed by atoms with Gasteiger partial charge in [0.15, 0.2) is 5.82 Å². The monoisotopic (exact) mass is 242 g/mol. The summed E-state index contributed by atoms with van der Waals surface area (Å²) in [5.41, 5.74) is 2.09. The normalized spacial score (nSPS) is 11.0. The zero-order chi connectivity index (χ0) is 12.5. The van der Waals surface area contributed by atoms with Crippen molar-refractivity contribution >= 4 is 17.0 Å². The molecular formula is C12H14N6. The van der Waals surface area contributed by atoms with E-state index in [1.807, 2.05) is 42.9 Å². The number of imidazole rings is 1. The predicted molar refractivity (Wildman–Crippen MR) is 69.0 cm³/mol. The third-order valence-corrected chi connectivity index (χ3v) is 2.84. The third kappa shape index (κ3) is 1.81. The van der Waals surface area contributed by atoms with Gasteiger partial charge >= 0.3 is 0 Å². The number of rotatable bonds is 3. The van der Waals surface area contributed by atoms with Crippen LogP contribution in [0, 0.1) is 0 Å². The van der Waals surface area contributed by atoms with Gasteiger partial charge < -0.3 is 9.88 Å². The quantitative estimate of drug-likeness (QED) is 0.752. The summed E-state index contributed by atoms with van der Waals surface area (Å²) in [4.78, 5) is 8.69. The van der Waals surface area contributed by atoms with Gasteiger partial charge in [-0.1, -0.05) is 12.1 Å². The largest absolute Gasteiger partial charge is 0.348 e. The Morgan fingerprint density at radius 3 is 2.78 bits per heavy atom. The van der Waals surface area contributed by atoms with Crippen LogP contribution in [-0.4, -0.2) is 24.3 Å². The standard InChI is InChI=1S/C12H14N6/c1-17-8-14-11(16-17)7-13-12-15-9-5-3-4-6-10(9)18(12)2/h3-6,8H,7H2,1-2H3,(H,13,15). The molecule has 0 spiro atoms. The third-order valence-electron chi connectivity index (χ3n) is 2.84. The number of para-hydroxylation sites is 2. The molecule has 1 N–H and O–H groups in total. The second-order valence-corrected chi connectivity index (χ2v) is 4.17. The number of hydrogen-bond donors (Lipinski definition) is 1. The number of aryl methyl sites for hydroxylation is 2. The number of aromatic nitrogens is 5. The van der Waals surface area contributed by atoms with Gasteiger partial charge in [0.25, 0.3) is 0 Å². The Labute approximate surface area is 104 Å². The maximum atomic E-state index is 4.52. The Morgan fingerprint density at radius 2 is 2.06 bits per heavy atom. The van der Waals surface area contributed by atoms with Gasteiger partial charge in [0.2, 0.25) is 5.95 Å². The lowest BCUT2D eigenvalue weighted by atomic mass is 10.3. The number of benzene rings is 1. The molecule has 0 amide bonds. The minimum absolute atomic E-state index is 0.567. The molecule has 2 aromatic heterocycles. The van der Waals surface area contributed by atoms with Crippen LogP contribution in [0.15, 0.2) is 30.6 Å². The first-order valence-corrected chi connectivity index (χ1v) is 5.74. The molecule has 0 radical (unpaired) electrons. The number of nitrogens with zero attached hydrogens (tertiary/aromatic N) is 5. The Bertz CT molecular complexity index is 681. The second kappa shape index (κ2) is 4.14. The summed E-state index contributed by atoms with van der Waals surface area (Å²) in [5.74, 6) is 1.58. The van der Waals surface area contributed by atoms with Crippen molar-refractivity contribution in [2.45, 2.75) is 6.54 Å². The first-order chi connectivity index (χ1) is 8.74. The summed E-state index contributed by atoms with van der Waals surface area (Å²) in [6.45, 7) is 0.567. The molecule has 0 unspecified atom stereocenters. The molecule has 3 rings (SSSR count). The van der Waals surface area contributed by atoms with Gasteiger partial charge in [-0.3, -0.25) is 4.68 Å². The van der Waals surface area contributed by atoms with E-state index in [1.165, 1.54) is 0 Å². The smallest absolute Gasteiger partial charge is 0.203 e. The summed E-state index contributed by atoms with van der Waals surface area (Å²) >= 11 is 0. The van der Waals surface area contributed by atoms with Crippen LogP contribution in [0.3, 0.4) is 0 Å². The van der Waals surface area contributed by atoms with Gasteiger partial charge in [0.05, 0.1) is 17.6 Å². The SMILES string of the molecule is Cn1cnc(CNc2nc3ccccc3n2C)n1. The molecule has 0 saturated carbocycles. The average molecular weight is 242 g/mol. The summed E-state index contributed by atoms with van der Waals surface area (Å²) in [6.07, 6.45) is 1.69. The van der Waals surface area contributed by atoms with Gasteiger partial charge in [-0.25, -0.2) is 9.97 Å². The molecule has 0 aliphatic heterocycles. The van der Waals surface area contributed by atoms with Crippen LogP contribution in [0.1, 0.15) is 5.82 Å². The van der Waals surface area contributed by atoms with Crippen LogP contribution >= 0.6 is 0 Å². The first-order valence-electron chi connectivity index (χ1n) is 5.74. The van der Waals surface area contributed by atoms with Crippen molar-refractivity contribution in [2.75, 3.05) is 5.32 Å². The van der Waals surface area contributed by atoms with E-state index >= 15 is 0 Å². The summed E-state index contributed by atoms with van der Waals surface area (Å²) in [5, 5.41) is 7.46. The molecule has 18 heavy (non-hydrogen) atoms. The van der Waals surface area contributed by atoms with Gasteiger partial charge in [0.1, 0.15) is 6.33 Å². The molecule has 2 heterocycles. The highest BCUT2D eigenvalue weighted by Gasteiger charge is 2.07. The van der Waals surface area contributed by atoms with Crippen molar-refractivity contribution < 1.29 is 0 Å². The lowest BCUT2D eigenvalue weighted by Gasteiger charge is -2.03. The number of anilines is 1. The van der Waals surface area contributed by atoms with E-state index in [4.69, 9.17) is 0 Å². The predicted octanol–water partition coefficient (Wildman–Crippen LogP) is 1.31. The van der Waals surface area contributed by atoms with Crippen LogP contribution in [0.4, 0.5) is 5.95 Å². The Hall–Kier alpha value is -2.37. The molecule has 92 valence electrons. The van der Waals surface area contributed by atoms with Crippen LogP contribution in [0.5, 0.6) is 0 Å². The zero-order valence-electron chi connectivity index (χ0n) is 10.3. The van der Waals surface area contributed by atoms with Gasteiger partial charge in [-0.2, -0.15) is 5.10 Å². The molecule has 0 fully saturated rings. The van der Waals surface area contributed by atoms with E-state index in [0.717, 1.165) is 22.8 Å². The van der Waals surface area contributed by atoms with E-state index in [9.17, 15) is 0 Å². The van der Waals surface area contributed by atoms with Crippen LogP contribution in [0.25, 0.3) is 11.0 Å². The van der Waals surface area contributed by atoms with E-state index in [0.29, 0.717) is 6.54 Å². The molecule has 6 nitrogen and oxygen atoms in total. The van der Waals surface area contributed by atoms with Crippen molar-refractivity contribution in [3.63, 3.8) is 0 Å². The highest BCUT2D eigenvalue weighted by molar-refractivity contribution is 5.78. The van der Waals surface area contributed by atoms with Gasteiger partial charge in [0, 0.05) is 14.1 Å². The van der Waals surface area contributed by atoms with Gasteiger partial charge in [-0.05, 0) is 12.1 Å². The molecular weight excluding hydrogens is 228 g/mol. The summed E-state index contributed by atoms with van der Waals surface area (Å²) < 4.78 is 3.71. The minimum atomic E-state index is 0.567. The van der Waals surface area contributed by atoms with E-state index < -0.39 is 0 Å². The van der Waals surface area contributed by atoms with E-state index in [2.05, 4.69) is 20.4 Å². The van der Waals surface area contributed by atoms with Gasteiger partial charge in [-0.15, -0.1) is 0 Å². The lowest BCUT2D eigenvalue weighted by Crippen LogP contribution is -2.06. The fourth-order valence-electron chi connectivity index (χ4n) is 1.93. The first kappa shape index (κ1) is 10.8. The molecule has 0 atom stereocenters. The highest BCUT2D eigenvalue weighted by Crippen LogP contribution is 2.17. The number of fused-ring (bicyclic) bond motifs is 1. The average Bonchev–Trinajstić information content (AvgIpc) is 2.92. The molecule has 0 aliphatic rings. The second-order valence-electron chi connectivity index (χ2n) is 4.17. The highest BCUT2D eigenvalue weighted by atomic mass is 15.3. The number of nitrogens with one attached hydrogen (secondary N) is 1.